The standard InChI is InChI=1S/C86H102O16/c1-8-55(2)79-72(46-78-86(7,101-79)81(92-51-59-26-16-11-17-27-59)80-73(96-78)47-83(4)76(98-80)44-70(91-50-58-24-14-10-15-25-58)74(100-83)53-89-48-57-22-12-9-13-23-57)95-69-38-39-75-84(5,102-82(69)93-56(3)87)54-85(6)77(97-75)45-71-68(99-85)37-36-66(90-52-61-33-35-63-29-19-21-31-65(63)43-61)67(94-71)40-41-88-49-60-32-34-62-28-18-20-30-64(62)42-60/h8-35,42-43,55,66-82H,1,36-41,44-54H2,2-7H3/t55-,66+,67-,68-,69-,70-,71+,72+,73+,74+,75+,76+,77-,78-,79-,80+,81-,82+,83-,84-,85+,86-/m0/s1. The third-order valence-electron chi connectivity index (χ3n) is 23.3. The van der Waals surface area contributed by atoms with E-state index in [1.165, 1.54) is 28.5 Å². The van der Waals surface area contributed by atoms with Crippen LogP contribution in [0.15, 0.2) is 189 Å². The monoisotopic (exact) mass is 1390 g/mol. The van der Waals surface area contributed by atoms with Crippen molar-refractivity contribution in [2.45, 2.75) is 265 Å². The number of hydrogen-bond donors (Lipinski definition) is 0. The van der Waals surface area contributed by atoms with Crippen molar-refractivity contribution in [1.29, 1.82) is 0 Å². The van der Waals surface area contributed by atoms with Crippen molar-refractivity contribution < 1.29 is 75.8 Å². The molecule has 8 aliphatic heterocycles. The van der Waals surface area contributed by atoms with Crippen molar-refractivity contribution in [3.63, 3.8) is 0 Å². The van der Waals surface area contributed by atoms with Gasteiger partial charge in [-0.1, -0.05) is 177 Å². The topological polar surface area (TPSA) is 156 Å². The highest BCUT2D eigenvalue weighted by Gasteiger charge is 2.66. The summed E-state index contributed by atoms with van der Waals surface area (Å²) in [4.78, 5) is 13.4. The lowest BCUT2D eigenvalue weighted by Crippen LogP contribution is -2.75. The number of benzene rings is 7. The molecule has 0 aromatic heterocycles. The van der Waals surface area contributed by atoms with Crippen molar-refractivity contribution in [2.75, 3.05) is 13.2 Å². The van der Waals surface area contributed by atoms with Gasteiger partial charge in [-0.25, -0.2) is 0 Å². The Morgan fingerprint density at radius 2 is 1.08 bits per heavy atom. The summed E-state index contributed by atoms with van der Waals surface area (Å²) in [5.74, 6) is -0.677. The number of hydrogen-bond acceptors (Lipinski definition) is 16. The molecule has 0 spiro atoms. The van der Waals surface area contributed by atoms with Crippen LogP contribution in [-0.2, 0) is 109 Å². The molecule has 0 radical (unpaired) electrons. The highest BCUT2D eigenvalue weighted by molar-refractivity contribution is 5.83. The zero-order chi connectivity index (χ0) is 70.0. The van der Waals surface area contributed by atoms with E-state index in [9.17, 15) is 4.79 Å². The van der Waals surface area contributed by atoms with E-state index in [1.54, 1.807) is 0 Å². The Labute approximate surface area is 601 Å². The fourth-order valence-corrected chi connectivity index (χ4v) is 17.8. The van der Waals surface area contributed by atoms with Gasteiger partial charge in [0, 0.05) is 51.6 Å². The summed E-state index contributed by atoms with van der Waals surface area (Å²) in [6.07, 6.45) is -0.181. The fraction of sp³-hybridized carbons (Fsp3) is 0.523. The van der Waals surface area contributed by atoms with Crippen molar-refractivity contribution in [3.8, 4) is 0 Å². The van der Waals surface area contributed by atoms with Crippen LogP contribution in [0.1, 0.15) is 134 Å². The van der Waals surface area contributed by atoms with Gasteiger partial charge in [0.25, 0.3) is 0 Å². The van der Waals surface area contributed by atoms with E-state index >= 15 is 0 Å². The molecule has 8 aliphatic rings. The second kappa shape index (κ2) is 31.0. The molecule has 0 saturated carbocycles. The highest BCUT2D eigenvalue weighted by atomic mass is 16.7. The normalized spacial score (nSPS) is 36.1. The van der Waals surface area contributed by atoms with Crippen LogP contribution in [0.3, 0.4) is 0 Å². The Kier molecular flexibility index (Phi) is 21.7. The first-order valence-corrected chi connectivity index (χ1v) is 37.4. The summed E-state index contributed by atoms with van der Waals surface area (Å²) in [6, 6.07) is 60.5. The molecule has 16 heteroatoms. The van der Waals surface area contributed by atoms with Crippen LogP contribution in [0.4, 0.5) is 0 Å². The molecule has 0 amide bonds. The molecule has 0 aliphatic carbocycles. The molecule has 16 nitrogen and oxygen atoms in total. The van der Waals surface area contributed by atoms with E-state index in [1.807, 2.05) is 60.7 Å². The minimum absolute atomic E-state index is 0.197. The van der Waals surface area contributed by atoms with Gasteiger partial charge in [0.2, 0.25) is 6.29 Å². The van der Waals surface area contributed by atoms with E-state index in [2.05, 4.69) is 163 Å². The third-order valence-corrected chi connectivity index (χ3v) is 23.3. The molecule has 8 saturated heterocycles. The maximum atomic E-state index is 13.4. The smallest absolute Gasteiger partial charge is 0.305 e. The number of fused-ring (bicyclic) bond motifs is 8. The molecule has 22 atom stereocenters. The first-order valence-electron chi connectivity index (χ1n) is 37.4. The van der Waals surface area contributed by atoms with Crippen molar-refractivity contribution >= 4 is 27.5 Å². The lowest BCUT2D eigenvalue weighted by Gasteiger charge is -2.62. The zero-order valence-corrected chi connectivity index (χ0v) is 60.0. The summed E-state index contributed by atoms with van der Waals surface area (Å²) >= 11 is 0. The summed E-state index contributed by atoms with van der Waals surface area (Å²) in [7, 11) is 0. The largest absolute Gasteiger partial charge is 0.433 e. The van der Waals surface area contributed by atoms with Gasteiger partial charge >= 0.3 is 5.97 Å². The maximum absolute atomic E-state index is 13.4. The first kappa shape index (κ1) is 71.3. The average Bonchev–Trinajstić information content (AvgIpc) is 0.740. The Morgan fingerprint density at radius 3 is 1.75 bits per heavy atom. The number of ether oxygens (including phenoxy) is 15. The SMILES string of the molecule is C=C[C@H](C)[C@@H]1O[C@@]2(C)[C@H](C[C@H]1O[C@H]1CC[C@H]3O[C@H]4C[C@H]5O[C@@H](CCOCc6ccc7ccccc7c6)[C@H](OCc6ccc7ccccc7c6)CC[C@@H]5O[C@]4(C)C[C@]3(C)O[C@H]1OC(C)=O)O[C@@H]1C[C@]3(C)O[C@H](COCc4ccccc4)[C@@H](OCc4ccccc4)C[C@H]3O[C@H]1[C@@H]2OCc1ccccc1. The van der Waals surface area contributed by atoms with E-state index in [0.29, 0.717) is 97.6 Å². The van der Waals surface area contributed by atoms with Crippen molar-refractivity contribution in [3.05, 3.63) is 216 Å². The molecule has 15 rings (SSSR count). The van der Waals surface area contributed by atoms with Gasteiger partial charge in [0.1, 0.15) is 30.0 Å². The van der Waals surface area contributed by atoms with E-state index in [0.717, 1.165) is 40.7 Å². The number of esters is 1. The van der Waals surface area contributed by atoms with Crippen LogP contribution < -0.4 is 0 Å². The molecule has 8 heterocycles. The van der Waals surface area contributed by atoms with Gasteiger partial charge in [-0.15, -0.1) is 6.58 Å². The van der Waals surface area contributed by atoms with Gasteiger partial charge in [-0.3, -0.25) is 4.79 Å². The Bertz CT molecular complexity index is 3940. The second-order valence-electron chi connectivity index (χ2n) is 30.8. The summed E-state index contributed by atoms with van der Waals surface area (Å²) < 4.78 is 107. The fourth-order valence-electron chi connectivity index (χ4n) is 17.8. The van der Waals surface area contributed by atoms with Crippen molar-refractivity contribution in [1.82, 2.24) is 0 Å². The zero-order valence-electron chi connectivity index (χ0n) is 60.0. The lowest BCUT2D eigenvalue weighted by atomic mass is 9.72. The summed E-state index contributed by atoms with van der Waals surface area (Å²) in [5.41, 5.74) is 1.89. The Morgan fingerprint density at radius 1 is 0.500 bits per heavy atom. The van der Waals surface area contributed by atoms with Crippen LogP contribution in [-0.4, -0.2) is 146 Å². The van der Waals surface area contributed by atoms with E-state index in [4.69, 9.17) is 71.1 Å². The van der Waals surface area contributed by atoms with Crippen LogP contribution in [0.2, 0.25) is 0 Å². The number of carbonyl (C=O) groups is 1. The van der Waals surface area contributed by atoms with Crippen LogP contribution >= 0.6 is 0 Å². The minimum Gasteiger partial charge on any atom is -0.433 e. The lowest BCUT2D eigenvalue weighted by molar-refractivity contribution is -0.385. The van der Waals surface area contributed by atoms with Crippen LogP contribution in [0.5, 0.6) is 0 Å². The predicted octanol–water partition coefficient (Wildman–Crippen LogP) is 15.2. The van der Waals surface area contributed by atoms with Gasteiger partial charge in [0.15, 0.2) is 0 Å². The summed E-state index contributed by atoms with van der Waals surface area (Å²) in [6.45, 7) is 19.3. The quantitative estimate of drug-likeness (QED) is 0.0338. The Hall–Kier alpha value is -6.29. The molecule has 7 aromatic carbocycles. The van der Waals surface area contributed by atoms with Gasteiger partial charge in [-0.2, -0.15) is 0 Å². The molecule has 0 N–H and O–H groups in total. The molecule has 542 valence electrons. The van der Waals surface area contributed by atoms with E-state index < -0.39 is 83.5 Å². The molecule has 0 bridgehead atoms. The minimum atomic E-state index is -1.09. The Balaban J connectivity index is 0.653. The van der Waals surface area contributed by atoms with Crippen LogP contribution in [0, 0.1) is 5.92 Å². The molecule has 102 heavy (non-hydrogen) atoms. The molecule has 7 aromatic rings. The van der Waals surface area contributed by atoms with E-state index in [-0.39, 0.29) is 54.7 Å². The maximum Gasteiger partial charge on any atom is 0.305 e. The van der Waals surface area contributed by atoms with Gasteiger partial charge in [-0.05, 0) is 121 Å². The van der Waals surface area contributed by atoms with Crippen molar-refractivity contribution in [2.24, 2.45) is 5.92 Å². The molecular weight excluding hydrogens is 1290 g/mol. The molecule has 8 fully saturated rings. The highest BCUT2D eigenvalue weighted by Crippen LogP contribution is 2.54. The second-order valence-corrected chi connectivity index (χ2v) is 30.8. The third kappa shape index (κ3) is 15.7. The summed E-state index contributed by atoms with van der Waals surface area (Å²) in [5, 5.41) is 4.78. The van der Waals surface area contributed by atoms with Gasteiger partial charge < -0.3 is 71.1 Å². The first-order chi connectivity index (χ1) is 49.6. The molecular formula is C86H102O16. The van der Waals surface area contributed by atoms with Gasteiger partial charge in [0.05, 0.1) is 130 Å². The van der Waals surface area contributed by atoms with Crippen LogP contribution in [0.25, 0.3) is 21.5 Å². The predicted molar refractivity (Wildman–Crippen MR) is 386 cm³/mol. The number of carbonyl (C=O) groups excluding carboxylic acids is 1. The average molecular weight is 1390 g/mol. The molecule has 0 unspecified atom stereocenters. The number of rotatable bonds is 23.